The van der Waals surface area contributed by atoms with Gasteiger partial charge in [-0.05, 0) is 40.3 Å². The van der Waals surface area contributed by atoms with Crippen LogP contribution in [0.25, 0.3) is 16.6 Å². The molecule has 0 spiro atoms. The summed E-state index contributed by atoms with van der Waals surface area (Å²) in [5.41, 5.74) is 5.18. The molecule has 164 valence electrons. The van der Waals surface area contributed by atoms with Crippen LogP contribution >= 0.6 is 0 Å². The fourth-order valence-electron chi connectivity index (χ4n) is 3.66. The van der Waals surface area contributed by atoms with Crippen molar-refractivity contribution in [1.29, 1.82) is 0 Å². The van der Waals surface area contributed by atoms with Crippen LogP contribution < -0.4 is 5.32 Å². The van der Waals surface area contributed by atoms with Crippen LogP contribution in [-0.2, 0) is 10.2 Å². The number of nitrogens with one attached hydrogen (secondary N) is 2. The Hall–Kier alpha value is -3.51. The first-order chi connectivity index (χ1) is 15.3. The second kappa shape index (κ2) is 8.93. The predicted octanol–water partition coefficient (Wildman–Crippen LogP) is 4.58. The molecule has 4 rings (SSSR count). The van der Waals surface area contributed by atoms with Gasteiger partial charge in [0.05, 0.1) is 24.9 Å². The maximum Gasteiger partial charge on any atom is 0.251 e. The standard InChI is InChI=1S/C26H28N4O2/c1-17(23-21-11-13-27-24(21)29-16-28-23)5-6-18-12-14-32-15-22(18)30-25(31)19-7-9-20(10-8-19)26(2,3)4/h5-13,16,22H,1,14-15H2,2-4H3,(H,30,31)(H,27,28,29). The monoisotopic (exact) mass is 428 g/mol. The van der Waals surface area contributed by atoms with Gasteiger partial charge in [0.2, 0.25) is 0 Å². The lowest BCUT2D eigenvalue weighted by Gasteiger charge is -2.24. The summed E-state index contributed by atoms with van der Waals surface area (Å²) >= 11 is 0. The van der Waals surface area contributed by atoms with E-state index in [9.17, 15) is 4.79 Å². The van der Waals surface area contributed by atoms with Crippen LogP contribution in [0.4, 0.5) is 0 Å². The van der Waals surface area contributed by atoms with Crippen molar-refractivity contribution >= 4 is 22.5 Å². The molecule has 0 bridgehead atoms. The minimum Gasteiger partial charge on any atom is -0.375 e. The van der Waals surface area contributed by atoms with Gasteiger partial charge in [-0.25, -0.2) is 9.97 Å². The van der Waals surface area contributed by atoms with Gasteiger partial charge in [-0.3, -0.25) is 4.79 Å². The van der Waals surface area contributed by atoms with Gasteiger partial charge in [0, 0.05) is 17.1 Å². The molecular formula is C26H28N4O2. The van der Waals surface area contributed by atoms with E-state index in [2.05, 4.69) is 47.6 Å². The molecule has 1 aromatic carbocycles. The molecule has 3 heterocycles. The molecule has 6 nitrogen and oxygen atoms in total. The molecule has 1 aliphatic rings. The molecule has 2 N–H and O–H groups in total. The van der Waals surface area contributed by atoms with E-state index in [0.717, 1.165) is 27.9 Å². The van der Waals surface area contributed by atoms with Gasteiger partial charge in [-0.15, -0.1) is 0 Å². The normalized spacial score (nSPS) is 16.8. The van der Waals surface area contributed by atoms with Crippen LogP contribution in [0.1, 0.15) is 42.4 Å². The maximum atomic E-state index is 12.8. The van der Waals surface area contributed by atoms with Crippen LogP contribution in [-0.4, -0.2) is 40.1 Å². The van der Waals surface area contributed by atoms with Gasteiger partial charge in [-0.2, -0.15) is 0 Å². The molecule has 0 fully saturated rings. The zero-order valence-electron chi connectivity index (χ0n) is 18.7. The smallest absolute Gasteiger partial charge is 0.251 e. The highest BCUT2D eigenvalue weighted by molar-refractivity contribution is 5.95. The Balaban J connectivity index is 1.47. The highest BCUT2D eigenvalue weighted by Gasteiger charge is 2.20. The van der Waals surface area contributed by atoms with Crippen molar-refractivity contribution in [3.8, 4) is 0 Å². The van der Waals surface area contributed by atoms with E-state index in [1.54, 1.807) is 0 Å². The summed E-state index contributed by atoms with van der Waals surface area (Å²) in [6, 6.07) is 9.47. The molecule has 1 atom stereocenters. The lowest BCUT2D eigenvalue weighted by molar-refractivity contribution is 0.0879. The molecule has 1 unspecified atom stereocenters. The number of aromatic nitrogens is 3. The van der Waals surface area contributed by atoms with E-state index in [1.807, 2.05) is 54.8 Å². The topological polar surface area (TPSA) is 79.9 Å². The first-order valence-corrected chi connectivity index (χ1v) is 10.7. The van der Waals surface area contributed by atoms with E-state index in [4.69, 9.17) is 4.74 Å². The quantitative estimate of drug-likeness (QED) is 0.583. The third-order valence-electron chi connectivity index (χ3n) is 5.58. The van der Waals surface area contributed by atoms with Gasteiger partial charge in [-0.1, -0.05) is 57.7 Å². The summed E-state index contributed by atoms with van der Waals surface area (Å²) < 4.78 is 5.58. The summed E-state index contributed by atoms with van der Waals surface area (Å²) in [5, 5.41) is 4.01. The Morgan fingerprint density at radius 1 is 1.22 bits per heavy atom. The number of H-pyrrole nitrogens is 1. The van der Waals surface area contributed by atoms with Crippen LogP contribution in [0, 0.1) is 0 Å². The molecule has 0 radical (unpaired) electrons. The number of benzene rings is 1. The van der Waals surface area contributed by atoms with Crippen molar-refractivity contribution in [3.63, 3.8) is 0 Å². The van der Waals surface area contributed by atoms with Gasteiger partial charge >= 0.3 is 0 Å². The van der Waals surface area contributed by atoms with Gasteiger partial charge in [0.1, 0.15) is 12.0 Å². The number of aromatic amines is 1. The molecule has 6 heteroatoms. The highest BCUT2D eigenvalue weighted by Crippen LogP contribution is 2.23. The van der Waals surface area contributed by atoms with E-state index < -0.39 is 0 Å². The van der Waals surface area contributed by atoms with E-state index in [-0.39, 0.29) is 17.4 Å². The zero-order valence-corrected chi connectivity index (χ0v) is 18.7. The van der Waals surface area contributed by atoms with Gasteiger partial charge < -0.3 is 15.0 Å². The minimum absolute atomic E-state index is 0.0466. The largest absolute Gasteiger partial charge is 0.375 e. The van der Waals surface area contributed by atoms with E-state index >= 15 is 0 Å². The lowest BCUT2D eigenvalue weighted by atomic mass is 9.86. The Labute approximate surface area is 188 Å². The average Bonchev–Trinajstić information content (AvgIpc) is 3.27. The third-order valence-corrected chi connectivity index (χ3v) is 5.58. The fourth-order valence-corrected chi connectivity index (χ4v) is 3.66. The SMILES string of the molecule is C=C(C=CC1=CCOCC1NC(=O)c1ccc(C(C)(C)C)cc1)c1ncnc2[nH]ccc12. The molecule has 0 saturated carbocycles. The van der Waals surface area contributed by atoms with E-state index in [1.165, 1.54) is 11.9 Å². The molecular weight excluding hydrogens is 400 g/mol. The summed E-state index contributed by atoms with van der Waals surface area (Å²) in [5.74, 6) is -0.121. The van der Waals surface area contributed by atoms with Crippen molar-refractivity contribution in [2.45, 2.75) is 32.2 Å². The number of hydrogen-bond donors (Lipinski definition) is 2. The van der Waals surface area contributed by atoms with Crippen LogP contribution in [0.5, 0.6) is 0 Å². The van der Waals surface area contributed by atoms with Crippen molar-refractivity contribution in [1.82, 2.24) is 20.3 Å². The summed E-state index contributed by atoms with van der Waals surface area (Å²) in [7, 11) is 0. The Bertz CT molecular complexity index is 1200. The third kappa shape index (κ3) is 4.70. The van der Waals surface area contributed by atoms with Crippen LogP contribution in [0.3, 0.4) is 0 Å². The molecule has 0 saturated heterocycles. The van der Waals surface area contributed by atoms with Crippen LogP contribution in [0.2, 0.25) is 0 Å². The predicted molar refractivity (Wildman–Crippen MR) is 127 cm³/mol. The number of ether oxygens (including phenoxy) is 1. The number of allylic oxidation sites excluding steroid dienone is 2. The number of hydrogen-bond acceptors (Lipinski definition) is 4. The Morgan fingerprint density at radius 2 is 2.00 bits per heavy atom. The molecule has 32 heavy (non-hydrogen) atoms. The number of carbonyl (C=O) groups excluding carboxylic acids is 1. The van der Waals surface area contributed by atoms with Gasteiger partial charge in [0.15, 0.2) is 0 Å². The van der Waals surface area contributed by atoms with E-state index in [0.29, 0.717) is 18.8 Å². The number of amides is 1. The number of fused-ring (bicyclic) bond motifs is 1. The molecule has 1 aliphatic heterocycles. The number of rotatable bonds is 5. The maximum absolute atomic E-state index is 12.8. The van der Waals surface area contributed by atoms with Crippen LogP contribution in [0.15, 0.2) is 73.2 Å². The summed E-state index contributed by atoms with van der Waals surface area (Å²) in [6.45, 7) is 11.6. The number of nitrogens with zero attached hydrogens (tertiary/aromatic N) is 2. The summed E-state index contributed by atoms with van der Waals surface area (Å²) in [4.78, 5) is 24.5. The second-order valence-corrected chi connectivity index (χ2v) is 8.92. The van der Waals surface area contributed by atoms with Gasteiger partial charge in [0.25, 0.3) is 5.91 Å². The molecule has 2 aromatic heterocycles. The molecule has 0 aliphatic carbocycles. The lowest BCUT2D eigenvalue weighted by Crippen LogP contribution is -2.41. The Morgan fingerprint density at radius 3 is 2.75 bits per heavy atom. The first-order valence-electron chi connectivity index (χ1n) is 10.7. The molecule has 1 amide bonds. The zero-order chi connectivity index (χ0) is 22.7. The number of carbonyl (C=O) groups is 1. The average molecular weight is 429 g/mol. The minimum atomic E-state index is -0.236. The van der Waals surface area contributed by atoms with Crippen molar-refractivity contribution in [2.24, 2.45) is 0 Å². The fraction of sp³-hybridized carbons (Fsp3) is 0.269. The van der Waals surface area contributed by atoms with Crippen molar-refractivity contribution in [2.75, 3.05) is 13.2 Å². The van der Waals surface area contributed by atoms with Crippen molar-refractivity contribution in [3.05, 3.63) is 90.1 Å². The Kier molecular flexibility index (Phi) is 6.06. The summed E-state index contributed by atoms with van der Waals surface area (Å²) in [6.07, 6.45) is 9.23. The van der Waals surface area contributed by atoms with Crippen molar-refractivity contribution < 1.29 is 9.53 Å². The first kappa shape index (κ1) is 21.7. The highest BCUT2D eigenvalue weighted by atomic mass is 16.5. The molecule has 3 aromatic rings. The second-order valence-electron chi connectivity index (χ2n) is 8.92.